The van der Waals surface area contributed by atoms with Crippen molar-refractivity contribution in [3.63, 3.8) is 0 Å². The van der Waals surface area contributed by atoms with Crippen LogP contribution in [0.15, 0.2) is 101 Å². The molecule has 5 nitrogen and oxygen atoms in total. The summed E-state index contributed by atoms with van der Waals surface area (Å²) < 4.78 is 74.2. The first-order chi connectivity index (χ1) is 24.0. The van der Waals surface area contributed by atoms with E-state index in [-0.39, 0.29) is 22.7 Å². The Morgan fingerprint density at radius 1 is 0.840 bits per heavy atom. The van der Waals surface area contributed by atoms with Crippen LogP contribution in [0.3, 0.4) is 0 Å². The molecule has 258 valence electrons. The van der Waals surface area contributed by atoms with Crippen molar-refractivity contribution in [2.24, 2.45) is 0 Å². The molecule has 1 N–H and O–H groups in total. The Kier molecular flexibility index (Phi) is 9.21. The number of anilines is 1. The van der Waals surface area contributed by atoms with Crippen molar-refractivity contribution in [3.8, 4) is 28.0 Å². The lowest BCUT2D eigenvalue weighted by atomic mass is 9.92. The van der Waals surface area contributed by atoms with Crippen LogP contribution < -0.4 is 10.5 Å². The molecule has 0 amide bonds. The van der Waals surface area contributed by atoms with Gasteiger partial charge in [-0.2, -0.15) is 13.2 Å². The minimum atomic E-state index is -4.80. The normalized spacial score (nSPS) is 16.5. The predicted octanol–water partition coefficient (Wildman–Crippen LogP) is 8.55. The van der Waals surface area contributed by atoms with Gasteiger partial charge in [0.05, 0.1) is 22.2 Å². The average Bonchev–Trinajstić information content (AvgIpc) is 3.53. The van der Waals surface area contributed by atoms with E-state index in [2.05, 4.69) is 46.2 Å². The Morgan fingerprint density at radius 3 is 2.28 bits per heavy atom. The van der Waals surface area contributed by atoms with Gasteiger partial charge in [-0.15, -0.1) is 11.8 Å². The summed E-state index contributed by atoms with van der Waals surface area (Å²) in [5.41, 5.74) is 1.62. The highest BCUT2D eigenvalue weighted by atomic mass is 32.2. The topological polar surface area (TPSA) is 48.7 Å². The van der Waals surface area contributed by atoms with Gasteiger partial charge in [-0.05, 0) is 59.5 Å². The number of rotatable bonds is 7. The number of pyridine rings is 1. The van der Waals surface area contributed by atoms with Crippen LogP contribution in [0, 0.1) is 18.6 Å². The number of hydrogen-bond donors (Lipinski definition) is 1. The van der Waals surface area contributed by atoms with E-state index in [0.717, 1.165) is 67.3 Å². The minimum absolute atomic E-state index is 0.0577. The molecule has 2 aliphatic rings. The molecule has 1 unspecified atom stereocenters. The lowest BCUT2D eigenvalue weighted by molar-refractivity contribution is -0.138. The third-order valence-electron chi connectivity index (χ3n) is 9.70. The summed E-state index contributed by atoms with van der Waals surface area (Å²) in [6.07, 6.45) is -5.25. The molecule has 5 aromatic rings. The number of fused-ring (bicyclic) bond motifs is 1. The van der Waals surface area contributed by atoms with Crippen LogP contribution in [0.2, 0.25) is 0 Å². The highest BCUT2D eigenvalue weighted by Gasteiger charge is 2.37. The summed E-state index contributed by atoms with van der Waals surface area (Å²) in [5.74, 6) is -2.20. The molecule has 2 aliphatic heterocycles. The molecule has 0 spiro atoms. The van der Waals surface area contributed by atoms with Crippen LogP contribution in [0.5, 0.6) is 5.75 Å². The van der Waals surface area contributed by atoms with Crippen LogP contribution in [-0.4, -0.2) is 53.1 Å². The van der Waals surface area contributed by atoms with E-state index in [1.807, 2.05) is 18.2 Å². The summed E-state index contributed by atoms with van der Waals surface area (Å²) in [6, 6.07) is 25.0. The smallest absolute Gasteiger partial charge is 0.416 e. The van der Waals surface area contributed by atoms with Crippen molar-refractivity contribution in [3.05, 3.63) is 135 Å². The zero-order valence-electron chi connectivity index (χ0n) is 27.2. The zero-order valence-corrected chi connectivity index (χ0v) is 28.0. The van der Waals surface area contributed by atoms with Crippen LogP contribution in [0.25, 0.3) is 22.3 Å². The number of thioether (sulfide) groups is 1. The van der Waals surface area contributed by atoms with Crippen molar-refractivity contribution in [2.75, 3.05) is 43.4 Å². The van der Waals surface area contributed by atoms with Crippen molar-refractivity contribution >= 4 is 17.4 Å². The highest BCUT2D eigenvalue weighted by Crippen LogP contribution is 2.42. The maximum absolute atomic E-state index is 15.4. The van der Waals surface area contributed by atoms with Gasteiger partial charge < -0.3 is 10.0 Å². The summed E-state index contributed by atoms with van der Waals surface area (Å²) in [5, 5.41) is 10.6. The lowest BCUT2D eigenvalue weighted by Crippen LogP contribution is -2.48. The second-order valence-electron chi connectivity index (χ2n) is 12.7. The fourth-order valence-electron chi connectivity index (χ4n) is 7.12. The Bertz CT molecular complexity index is 2110. The first kappa shape index (κ1) is 33.9. The molecule has 0 radical (unpaired) electrons. The molecule has 11 heteroatoms. The van der Waals surface area contributed by atoms with Crippen molar-refractivity contribution in [1.29, 1.82) is 0 Å². The van der Waals surface area contributed by atoms with Crippen molar-refractivity contribution in [2.45, 2.75) is 30.6 Å². The number of hydrogen-bond acceptors (Lipinski definition) is 5. The fourth-order valence-corrected chi connectivity index (χ4v) is 8.50. The number of alkyl halides is 3. The summed E-state index contributed by atoms with van der Waals surface area (Å²) >= 11 is 1.35. The van der Waals surface area contributed by atoms with Gasteiger partial charge in [0, 0.05) is 61.7 Å². The Morgan fingerprint density at radius 2 is 1.54 bits per heavy atom. The fraction of sp³-hybridized carbons (Fsp3) is 0.256. The molecule has 50 heavy (non-hydrogen) atoms. The average molecular weight is 704 g/mol. The predicted molar refractivity (Wildman–Crippen MR) is 187 cm³/mol. The van der Waals surface area contributed by atoms with Gasteiger partial charge in [0.1, 0.15) is 5.82 Å². The first-order valence-electron chi connectivity index (χ1n) is 16.4. The van der Waals surface area contributed by atoms with E-state index in [9.17, 15) is 23.1 Å². The quantitative estimate of drug-likeness (QED) is 0.172. The van der Waals surface area contributed by atoms with Gasteiger partial charge >= 0.3 is 6.18 Å². The summed E-state index contributed by atoms with van der Waals surface area (Å²) in [6.45, 7) is 4.99. The molecule has 1 saturated heterocycles. The van der Waals surface area contributed by atoms with E-state index in [1.54, 1.807) is 11.5 Å². The molecule has 1 aromatic heterocycles. The standard InChI is InChI=1S/C39H34F5N3O2S/c1-24-30(21-31-32(39(42,43)44)13-7-14-33(31)40)38-47(37(49)35(24)29-12-6-15-34(48)36(29)41)28(23-50-38)22-45-16-18-46(19-17-45)27-11-5-10-26(20-27)25-8-3-2-4-9-25/h2-15,20,28,48H,16-19,21-23H2,1H3. The SMILES string of the molecule is Cc1c(Cc2c(F)cccc2C(F)(F)F)c2n(c(=O)c1-c1cccc(O)c1F)C(CN1CCN(c3cccc(-c4ccccc4)c3)CC1)CS2. The van der Waals surface area contributed by atoms with Gasteiger partial charge in [0.2, 0.25) is 0 Å². The molecule has 0 aliphatic carbocycles. The molecule has 7 rings (SSSR count). The van der Waals surface area contributed by atoms with Gasteiger partial charge in [-0.3, -0.25) is 14.3 Å². The molecule has 1 fully saturated rings. The molecule has 0 saturated carbocycles. The Labute approximate surface area is 290 Å². The molecule has 0 bridgehead atoms. The Balaban J connectivity index is 1.21. The van der Waals surface area contributed by atoms with Gasteiger partial charge in [0.15, 0.2) is 11.6 Å². The second-order valence-corrected chi connectivity index (χ2v) is 13.7. The third kappa shape index (κ3) is 6.40. The third-order valence-corrected chi connectivity index (χ3v) is 11.0. The first-order valence-corrected chi connectivity index (χ1v) is 17.4. The largest absolute Gasteiger partial charge is 0.505 e. The van der Waals surface area contributed by atoms with Gasteiger partial charge in [-0.25, -0.2) is 8.78 Å². The van der Waals surface area contributed by atoms with E-state index in [4.69, 9.17) is 0 Å². The van der Waals surface area contributed by atoms with Gasteiger partial charge in [0.25, 0.3) is 5.56 Å². The van der Waals surface area contributed by atoms with Gasteiger partial charge in [-0.1, -0.05) is 60.7 Å². The monoisotopic (exact) mass is 703 g/mol. The number of piperazine rings is 1. The van der Waals surface area contributed by atoms with E-state index >= 15 is 8.78 Å². The number of aromatic hydroxyl groups is 1. The minimum Gasteiger partial charge on any atom is -0.505 e. The maximum Gasteiger partial charge on any atom is 0.416 e. The van der Waals surface area contributed by atoms with Crippen LogP contribution in [-0.2, 0) is 12.6 Å². The van der Waals surface area contributed by atoms with Crippen LogP contribution in [0.1, 0.15) is 28.3 Å². The molecule has 4 aromatic carbocycles. The highest BCUT2D eigenvalue weighted by molar-refractivity contribution is 7.99. The number of nitrogens with zero attached hydrogens (tertiary/aromatic N) is 3. The molecule has 3 heterocycles. The molecule has 1 atom stereocenters. The maximum atomic E-state index is 15.4. The van der Waals surface area contributed by atoms with E-state index < -0.39 is 46.7 Å². The molecular formula is C39H34F5N3O2S. The number of aromatic nitrogens is 1. The Hall–Kier alpha value is -4.61. The molecular weight excluding hydrogens is 670 g/mol. The summed E-state index contributed by atoms with van der Waals surface area (Å²) in [7, 11) is 0. The van der Waals surface area contributed by atoms with Crippen molar-refractivity contribution in [1.82, 2.24) is 9.47 Å². The van der Waals surface area contributed by atoms with E-state index in [1.165, 1.54) is 23.9 Å². The number of phenols is 1. The lowest BCUT2D eigenvalue weighted by Gasteiger charge is -2.37. The van der Waals surface area contributed by atoms with Crippen LogP contribution >= 0.6 is 11.8 Å². The number of phenolic OH excluding ortho intramolecular Hbond substituents is 1. The number of benzene rings is 4. The van der Waals surface area contributed by atoms with Crippen molar-refractivity contribution < 1.29 is 27.1 Å². The second kappa shape index (κ2) is 13.6. The zero-order chi connectivity index (χ0) is 35.2. The van der Waals surface area contributed by atoms with Crippen LogP contribution in [0.4, 0.5) is 27.6 Å². The number of halogens is 5. The summed E-state index contributed by atoms with van der Waals surface area (Å²) in [4.78, 5) is 18.9. The van der Waals surface area contributed by atoms with E-state index in [0.29, 0.717) is 22.9 Å².